The van der Waals surface area contributed by atoms with Crippen LogP contribution in [0.25, 0.3) is 0 Å². The second kappa shape index (κ2) is 4.73. The van der Waals surface area contributed by atoms with Crippen LogP contribution in [0.2, 0.25) is 0 Å². The second-order valence-electron chi connectivity index (χ2n) is 8.81. The van der Waals surface area contributed by atoms with Crippen LogP contribution in [0.4, 0.5) is 0 Å². The highest BCUT2D eigenvalue weighted by Crippen LogP contribution is 2.66. The molecule has 0 aromatic carbocycles. The molecule has 5 unspecified atom stereocenters. The summed E-state index contributed by atoms with van der Waals surface area (Å²) in [7, 11) is 0. The van der Waals surface area contributed by atoms with E-state index >= 15 is 0 Å². The lowest BCUT2D eigenvalue weighted by atomic mass is 9.47. The van der Waals surface area contributed by atoms with Crippen LogP contribution in [0.5, 0.6) is 0 Å². The predicted octanol–water partition coefficient (Wildman–Crippen LogP) is 4.77. The predicted molar refractivity (Wildman–Crippen MR) is 89.0 cm³/mol. The number of hydrogen-bond acceptors (Lipinski definition) is 1. The molecule has 0 N–H and O–H groups in total. The van der Waals surface area contributed by atoms with Crippen molar-refractivity contribution in [3.63, 3.8) is 0 Å². The molecule has 0 heterocycles. The normalized spacial score (nSPS) is 50.4. The van der Waals surface area contributed by atoms with E-state index in [1.165, 1.54) is 37.7 Å². The van der Waals surface area contributed by atoms with Crippen LogP contribution >= 0.6 is 0 Å². The molecule has 6 atom stereocenters. The average Bonchev–Trinajstić information content (AvgIpc) is 2.84. The maximum atomic E-state index is 11.8. The monoisotopic (exact) mass is 296 g/mol. The van der Waals surface area contributed by atoms with Gasteiger partial charge in [-0.15, -0.1) is 12.3 Å². The van der Waals surface area contributed by atoms with E-state index in [9.17, 15) is 4.79 Å². The number of hydrogen-bond donors (Lipinski definition) is 0. The quantitative estimate of drug-likeness (QED) is 0.589. The summed E-state index contributed by atoms with van der Waals surface area (Å²) in [4.78, 5) is 11.8. The van der Waals surface area contributed by atoms with Gasteiger partial charge >= 0.3 is 0 Å². The highest BCUT2D eigenvalue weighted by atomic mass is 16.1. The van der Waals surface area contributed by atoms with Crippen molar-refractivity contribution >= 4 is 5.78 Å². The maximum Gasteiger partial charge on any atom is 0.155 e. The molecule has 118 valence electrons. The summed E-state index contributed by atoms with van der Waals surface area (Å²) >= 11 is 0. The van der Waals surface area contributed by atoms with Crippen LogP contribution in [0.1, 0.15) is 65.2 Å². The molecule has 0 saturated heterocycles. The molecule has 1 nitrogen and oxygen atoms in total. The van der Waals surface area contributed by atoms with Gasteiger partial charge in [0, 0.05) is 12.3 Å². The molecule has 0 amide bonds. The van der Waals surface area contributed by atoms with E-state index in [1.807, 2.05) is 6.08 Å². The number of allylic oxidation sites excluding steroid dienone is 1. The Balaban J connectivity index is 1.68. The average molecular weight is 296 g/mol. The molecule has 0 aromatic heterocycles. The molecule has 0 aliphatic heterocycles. The molecular formula is C21H28O. The fourth-order valence-corrected chi connectivity index (χ4v) is 6.83. The summed E-state index contributed by atoms with van der Waals surface area (Å²) in [5.74, 6) is 6.42. The van der Waals surface area contributed by atoms with Gasteiger partial charge < -0.3 is 0 Å². The maximum absolute atomic E-state index is 11.8. The van der Waals surface area contributed by atoms with E-state index < -0.39 is 0 Å². The molecule has 4 rings (SSSR count). The lowest BCUT2D eigenvalue weighted by Crippen LogP contribution is -2.50. The topological polar surface area (TPSA) is 17.1 Å². The Labute approximate surface area is 134 Å². The minimum Gasteiger partial charge on any atom is -0.295 e. The standard InChI is InChI=1S/C21H28O/c1-4-14-6-8-18-17-7-5-15-13-16(22)9-11-21(15,3)19(17)10-12-20(14,18)2/h1,13-14,17-19H,5-12H2,2-3H3/t14-,17?,18?,19?,20?,21?/m0/s1. The zero-order chi connectivity index (χ0) is 15.5. The fourth-order valence-electron chi connectivity index (χ4n) is 6.83. The lowest BCUT2D eigenvalue weighted by Gasteiger charge is -2.57. The minimum atomic E-state index is 0.298. The Morgan fingerprint density at radius 3 is 2.68 bits per heavy atom. The van der Waals surface area contributed by atoms with Crippen molar-refractivity contribution in [1.29, 1.82) is 0 Å². The minimum absolute atomic E-state index is 0.298. The first-order valence-corrected chi connectivity index (χ1v) is 9.19. The van der Waals surface area contributed by atoms with Crippen molar-refractivity contribution in [2.45, 2.75) is 65.2 Å². The number of carbonyl (C=O) groups is 1. The summed E-state index contributed by atoms with van der Waals surface area (Å²) in [5, 5.41) is 0. The van der Waals surface area contributed by atoms with Crippen molar-refractivity contribution < 1.29 is 4.79 Å². The van der Waals surface area contributed by atoms with Crippen molar-refractivity contribution in [2.24, 2.45) is 34.5 Å². The summed E-state index contributed by atoms with van der Waals surface area (Å²) in [6.45, 7) is 4.93. The zero-order valence-electron chi connectivity index (χ0n) is 14.0. The number of terminal acetylenes is 1. The van der Waals surface area contributed by atoms with Gasteiger partial charge in [0.15, 0.2) is 5.78 Å². The molecule has 0 radical (unpaired) electrons. The Kier molecular flexibility index (Phi) is 3.13. The molecule has 22 heavy (non-hydrogen) atoms. The van der Waals surface area contributed by atoms with Crippen molar-refractivity contribution in [1.82, 2.24) is 0 Å². The summed E-state index contributed by atoms with van der Waals surface area (Å²) in [6, 6.07) is 0. The van der Waals surface area contributed by atoms with E-state index in [4.69, 9.17) is 6.42 Å². The van der Waals surface area contributed by atoms with E-state index in [1.54, 1.807) is 0 Å². The third-order valence-corrected chi connectivity index (χ3v) is 8.16. The van der Waals surface area contributed by atoms with Gasteiger partial charge in [-0.3, -0.25) is 4.79 Å². The van der Waals surface area contributed by atoms with E-state index in [-0.39, 0.29) is 0 Å². The smallest absolute Gasteiger partial charge is 0.155 e. The SMILES string of the molecule is C#C[C@H]1CCC2C3CCC4=CC(=O)CCC4(C)C3CCC21C. The van der Waals surface area contributed by atoms with Crippen LogP contribution in [0.15, 0.2) is 11.6 Å². The van der Waals surface area contributed by atoms with Gasteiger partial charge in [0.2, 0.25) is 0 Å². The number of rotatable bonds is 0. The Morgan fingerprint density at radius 1 is 1.09 bits per heavy atom. The number of carbonyl (C=O) groups excluding carboxylic acids is 1. The highest BCUT2D eigenvalue weighted by Gasteiger charge is 2.58. The largest absolute Gasteiger partial charge is 0.295 e. The molecule has 1 heteroatoms. The molecule has 4 aliphatic rings. The third-order valence-electron chi connectivity index (χ3n) is 8.16. The Morgan fingerprint density at radius 2 is 1.91 bits per heavy atom. The lowest BCUT2D eigenvalue weighted by molar-refractivity contribution is -0.117. The van der Waals surface area contributed by atoms with Gasteiger partial charge in [-0.2, -0.15) is 0 Å². The Bertz CT molecular complexity index is 579. The fraction of sp³-hybridized carbons (Fsp3) is 0.762. The molecule has 0 bridgehead atoms. The van der Waals surface area contributed by atoms with Gasteiger partial charge in [-0.1, -0.05) is 19.4 Å². The van der Waals surface area contributed by atoms with Crippen molar-refractivity contribution in [3.05, 3.63) is 11.6 Å². The molecular weight excluding hydrogens is 268 g/mol. The van der Waals surface area contributed by atoms with Crippen molar-refractivity contribution in [3.8, 4) is 12.3 Å². The van der Waals surface area contributed by atoms with Gasteiger partial charge in [-0.25, -0.2) is 0 Å². The van der Waals surface area contributed by atoms with Gasteiger partial charge in [-0.05, 0) is 79.6 Å². The van der Waals surface area contributed by atoms with Gasteiger partial charge in [0.25, 0.3) is 0 Å². The highest BCUT2D eigenvalue weighted by molar-refractivity contribution is 5.91. The summed E-state index contributed by atoms with van der Waals surface area (Å²) in [5.41, 5.74) is 2.16. The van der Waals surface area contributed by atoms with Crippen LogP contribution < -0.4 is 0 Å². The number of ketones is 1. The number of fused-ring (bicyclic) bond motifs is 5. The molecule has 0 spiro atoms. The Hall–Kier alpha value is -1.03. The second-order valence-corrected chi connectivity index (χ2v) is 8.81. The van der Waals surface area contributed by atoms with Crippen LogP contribution in [0, 0.1) is 46.8 Å². The van der Waals surface area contributed by atoms with Crippen LogP contribution in [-0.4, -0.2) is 5.78 Å². The molecule has 4 aliphatic carbocycles. The zero-order valence-corrected chi connectivity index (χ0v) is 14.0. The van der Waals surface area contributed by atoms with E-state index in [2.05, 4.69) is 19.8 Å². The van der Waals surface area contributed by atoms with Crippen LogP contribution in [-0.2, 0) is 4.79 Å². The first-order valence-electron chi connectivity index (χ1n) is 9.19. The first-order chi connectivity index (χ1) is 10.5. The van der Waals surface area contributed by atoms with E-state index in [0.717, 1.165) is 37.0 Å². The van der Waals surface area contributed by atoms with Crippen molar-refractivity contribution in [2.75, 3.05) is 0 Å². The van der Waals surface area contributed by atoms with Gasteiger partial charge in [0.05, 0.1) is 0 Å². The van der Waals surface area contributed by atoms with Crippen LogP contribution in [0.3, 0.4) is 0 Å². The summed E-state index contributed by atoms with van der Waals surface area (Å²) in [6.07, 6.45) is 17.3. The molecule has 0 aromatic rings. The molecule has 3 fully saturated rings. The first kappa shape index (κ1) is 14.6. The van der Waals surface area contributed by atoms with Gasteiger partial charge in [0.1, 0.15) is 0 Å². The molecule has 3 saturated carbocycles. The third kappa shape index (κ3) is 1.76. The van der Waals surface area contributed by atoms with E-state index in [0.29, 0.717) is 22.5 Å². The summed E-state index contributed by atoms with van der Waals surface area (Å²) < 4.78 is 0.